The molecule has 1 heterocycles. The summed E-state index contributed by atoms with van der Waals surface area (Å²) in [5, 5.41) is 3.28. The van der Waals surface area contributed by atoms with Gasteiger partial charge in [0.25, 0.3) is 0 Å². The maximum absolute atomic E-state index is 13.2. The van der Waals surface area contributed by atoms with E-state index in [1.165, 1.54) is 17.0 Å². The van der Waals surface area contributed by atoms with E-state index in [4.69, 9.17) is 0 Å². The summed E-state index contributed by atoms with van der Waals surface area (Å²) in [5.41, 5.74) is 0.724. The average Bonchev–Trinajstić information content (AvgIpc) is 2.88. The van der Waals surface area contributed by atoms with Gasteiger partial charge in [-0.2, -0.15) is 0 Å². The van der Waals surface area contributed by atoms with Crippen LogP contribution in [0, 0.1) is 11.6 Å². The van der Waals surface area contributed by atoms with Gasteiger partial charge in [-0.25, -0.2) is 8.78 Å². The zero-order valence-corrected chi connectivity index (χ0v) is 11.9. The van der Waals surface area contributed by atoms with Crippen molar-refractivity contribution in [3.05, 3.63) is 46.8 Å². The lowest BCUT2D eigenvalue weighted by Gasteiger charge is -2.12. The van der Waals surface area contributed by atoms with Crippen molar-refractivity contribution in [2.24, 2.45) is 0 Å². The van der Waals surface area contributed by atoms with Crippen LogP contribution in [0.3, 0.4) is 0 Å². The number of hydrogen-bond acceptors (Lipinski definition) is 2. The van der Waals surface area contributed by atoms with Gasteiger partial charge in [-0.15, -0.1) is 11.3 Å². The summed E-state index contributed by atoms with van der Waals surface area (Å²) < 4.78 is 26.2. The Morgan fingerprint density at radius 3 is 2.58 bits per heavy atom. The monoisotopic (exact) mass is 281 g/mol. The van der Waals surface area contributed by atoms with Gasteiger partial charge in [0.2, 0.25) is 0 Å². The van der Waals surface area contributed by atoms with Gasteiger partial charge in [0.05, 0.1) is 0 Å². The molecule has 0 bridgehead atoms. The molecule has 4 heteroatoms. The van der Waals surface area contributed by atoms with E-state index in [1.54, 1.807) is 17.4 Å². The van der Waals surface area contributed by atoms with Gasteiger partial charge in [0.15, 0.2) is 11.6 Å². The number of hydrogen-bond donors (Lipinski definition) is 1. The summed E-state index contributed by atoms with van der Waals surface area (Å²) in [6.45, 7) is 2.15. The Labute approximate surface area is 116 Å². The second kappa shape index (κ2) is 6.26. The Balaban J connectivity index is 2.27. The van der Waals surface area contributed by atoms with E-state index in [0.29, 0.717) is 6.04 Å². The molecule has 1 unspecified atom stereocenters. The van der Waals surface area contributed by atoms with Gasteiger partial charge in [0, 0.05) is 15.8 Å². The van der Waals surface area contributed by atoms with Crippen molar-refractivity contribution in [2.45, 2.75) is 25.8 Å². The average molecular weight is 281 g/mol. The van der Waals surface area contributed by atoms with Gasteiger partial charge < -0.3 is 5.32 Å². The van der Waals surface area contributed by atoms with Crippen molar-refractivity contribution in [3.63, 3.8) is 0 Å². The molecule has 102 valence electrons. The number of rotatable bonds is 5. The first-order chi connectivity index (χ1) is 9.15. The smallest absolute Gasteiger partial charge is 0.159 e. The Morgan fingerprint density at radius 2 is 1.95 bits per heavy atom. The highest BCUT2D eigenvalue weighted by Crippen LogP contribution is 2.33. The minimum Gasteiger partial charge on any atom is -0.312 e. The van der Waals surface area contributed by atoms with E-state index in [1.807, 2.05) is 13.1 Å². The van der Waals surface area contributed by atoms with Gasteiger partial charge in [-0.3, -0.25) is 0 Å². The number of halogens is 2. The molecule has 0 radical (unpaired) electrons. The molecule has 1 N–H and O–H groups in total. The summed E-state index contributed by atoms with van der Waals surface area (Å²) in [6.07, 6.45) is 2.16. The summed E-state index contributed by atoms with van der Waals surface area (Å²) in [5.74, 6) is -1.61. The number of benzene rings is 1. The molecule has 0 saturated carbocycles. The molecule has 0 amide bonds. The summed E-state index contributed by atoms with van der Waals surface area (Å²) in [4.78, 5) is 2.19. The fraction of sp³-hybridized carbons (Fsp3) is 0.333. The fourth-order valence-electron chi connectivity index (χ4n) is 2.06. The third kappa shape index (κ3) is 3.19. The van der Waals surface area contributed by atoms with Crippen molar-refractivity contribution in [2.75, 3.05) is 7.05 Å². The van der Waals surface area contributed by atoms with Crippen molar-refractivity contribution < 1.29 is 8.78 Å². The predicted molar refractivity (Wildman–Crippen MR) is 76.4 cm³/mol. The zero-order valence-electron chi connectivity index (χ0n) is 11.0. The molecule has 1 aromatic carbocycles. The summed E-state index contributed by atoms with van der Waals surface area (Å²) >= 11 is 1.62. The van der Waals surface area contributed by atoms with Crippen LogP contribution >= 0.6 is 11.3 Å². The molecule has 0 aliphatic rings. The highest BCUT2D eigenvalue weighted by molar-refractivity contribution is 7.15. The van der Waals surface area contributed by atoms with E-state index in [0.717, 1.165) is 23.3 Å². The van der Waals surface area contributed by atoms with E-state index in [-0.39, 0.29) is 0 Å². The molecule has 0 aliphatic heterocycles. The molecular formula is C15H17F2NS. The highest BCUT2D eigenvalue weighted by Gasteiger charge is 2.12. The maximum Gasteiger partial charge on any atom is 0.159 e. The van der Waals surface area contributed by atoms with Crippen LogP contribution in [0.2, 0.25) is 0 Å². The van der Waals surface area contributed by atoms with Crippen LogP contribution in [0.15, 0.2) is 30.3 Å². The van der Waals surface area contributed by atoms with E-state index >= 15 is 0 Å². The quantitative estimate of drug-likeness (QED) is 0.833. The Morgan fingerprint density at radius 1 is 1.16 bits per heavy atom. The van der Waals surface area contributed by atoms with Crippen LogP contribution in [0.1, 0.15) is 30.7 Å². The SMILES string of the molecule is CCCC(NC)c1ccc(-c2ccc(F)c(F)c2)s1. The van der Waals surface area contributed by atoms with Gasteiger partial charge in [-0.05, 0) is 43.3 Å². The molecule has 2 aromatic rings. The molecule has 19 heavy (non-hydrogen) atoms. The zero-order chi connectivity index (χ0) is 13.8. The Hall–Kier alpha value is -1.26. The molecular weight excluding hydrogens is 264 g/mol. The third-order valence-corrected chi connectivity index (χ3v) is 4.35. The van der Waals surface area contributed by atoms with E-state index in [9.17, 15) is 8.78 Å². The molecule has 0 aliphatic carbocycles. The van der Waals surface area contributed by atoms with Gasteiger partial charge in [0.1, 0.15) is 0 Å². The summed E-state index contributed by atoms with van der Waals surface area (Å²) in [7, 11) is 1.94. The van der Waals surface area contributed by atoms with Crippen LogP contribution < -0.4 is 5.32 Å². The number of thiophene rings is 1. The maximum atomic E-state index is 13.2. The van der Waals surface area contributed by atoms with E-state index < -0.39 is 11.6 Å². The molecule has 1 aromatic heterocycles. The lowest BCUT2D eigenvalue weighted by Crippen LogP contribution is -2.14. The largest absolute Gasteiger partial charge is 0.312 e. The fourth-order valence-corrected chi connectivity index (χ4v) is 3.21. The van der Waals surface area contributed by atoms with Crippen molar-refractivity contribution >= 4 is 11.3 Å². The van der Waals surface area contributed by atoms with Crippen LogP contribution in [0.4, 0.5) is 8.78 Å². The third-order valence-electron chi connectivity index (χ3n) is 3.10. The van der Waals surface area contributed by atoms with Gasteiger partial charge in [-0.1, -0.05) is 19.4 Å². The van der Waals surface area contributed by atoms with Gasteiger partial charge >= 0.3 is 0 Å². The molecule has 0 saturated heterocycles. The van der Waals surface area contributed by atoms with Crippen LogP contribution in [-0.4, -0.2) is 7.05 Å². The predicted octanol–water partition coefficient (Wildman–Crippen LogP) is 4.75. The molecule has 0 spiro atoms. The Kier molecular flexibility index (Phi) is 4.66. The molecule has 2 rings (SSSR count). The second-order valence-corrected chi connectivity index (χ2v) is 5.58. The van der Waals surface area contributed by atoms with Crippen molar-refractivity contribution in [1.82, 2.24) is 5.32 Å². The molecule has 1 atom stereocenters. The second-order valence-electron chi connectivity index (χ2n) is 4.46. The number of nitrogens with one attached hydrogen (secondary N) is 1. The van der Waals surface area contributed by atoms with E-state index in [2.05, 4.69) is 18.3 Å². The minimum atomic E-state index is -0.806. The molecule has 0 fully saturated rings. The summed E-state index contributed by atoms with van der Waals surface area (Å²) in [6, 6.07) is 8.38. The lowest BCUT2D eigenvalue weighted by molar-refractivity contribution is 0.509. The van der Waals surface area contributed by atoms with Crippen molar-refractivity contribution in [1.29, 1.82) is 0 Å². The van der Waals surface area contributed by atoms with Crippen LogP contribution in [0.25, 0.3) is 10.4 Å². The van der Waals surface area contributed by atoms with Crippen molar-refractivity contribution in [3.8, 4) is 10.4 Å². The Bertz CT molecular complexity index is 551. The lowest BCUT2D eigenvalue weighted by atomic mass is 10.1. The first kappa shape index (κ1) is 14.2. The van der Waals surface area contributed by atoms with Crippen LogP contribution in [0.5, 0.6) is 0 Å². The topological polar surface area (TPSA) is 12.0 Å². The normalized spacial score (nSPS) is 12.6. The standard InChI is InChI=1S/C15H17F2NS/c1-3-4-13(18-2)15-8-7-14(19-15)10-5-6-11(16)12(17)9-10/h5-9,13,18H,3-4H2,1-2H3. The first-order valence-corrected chi connectivity index (χ1v) is 7.19. The van der Waals surface area contributed by atoms with Crippen LogP contribution in [-0.2, 0) is 0 Å². The first-order valence-electron chi connectivity index (χ1n) is 6.38. The molecule has 1 nitrogen and oxygen atoms in total. The minimum absolute atomic E-state index is 0.328. The highest BCUT2D eigenvalue weighted by atomic mass is 32.1.